The lowest BCUT2D eigenvalue weighted by molar-refractivity contribution is 0.102. The minimum Gasteiger partial charge on any atom is -0.469 e. The molecule has 0 aliphatic carbocycles. The van der Waals surface area contributed by atoms with Gasteiger partial charge in [0.05, 0.1) is 41.4 Å². The number of ether oxygens (including phenoxy) is 1. The number of amides is 1. The largest absolute Gasteiger partial charge is 0.469 e. The number of hydrogen-bond donors (Lipinski definition) is 2. The number of nitrogens with one attached hydrogen (secondary N) is 2. The minimum atomic E-state index is -4.02. The molecule has 2 aromatic carbocycles. The molecule has 4 rings (SSSR count). The van der Waals surface area contributed by atoms with Gasteiger partial charge in [-0.1, -0.05) is 23.7 Å². The number of benzene rings is 2. The monoisotopic (exact) mass is 475 g/mol. The van der Waals surface area contributed by atoms with Gasteiger partial charge in [-0.05, 0) is 43.3 Å². The van der Waals surface area contributed by atoms with E-state index in [9.17, 15) is 13.2 Å². The van der Waals surface area contributed by atoms with Crippen molar-refractivity contribution in [3.8, 4) is 0 Å². The molecule has 1 aliphatic heterocycles. The molecule has 0 radical (unpaired) electrons. The topological polar surface area (TPSA) is 101 Å². The summed E-state index contributed by atoms with van der Waals surface area (Å²) in [5.74, 6) is 0.0819. The Morgan fingerprint density at radius 2 is 1.84 bits per heavy atom. The van der Waals surface area contributed by atoms with Crippen LogP contribution in [0.25, 0.3) is 0 Å². The van der Waals surface area contributed by atoms with Gasteiger partial charge in [0.25, 0.3) is 15.9 Å². The second kappa shape index (κ2) is 9.23. The Labute approximate surface area is 191 Å². The predicted molar refractivity (Wildman–Crippen MR) is 123 cm³/mol. The van der Waals surface area contributed by atoms with Crippen LogP contribution in [-0.4, -0.2) is 40.6 Å². The van der Waals surface area contributed by atoms with E-state index in [1.165, 1.54) is 12.3 Å². The first kappa shape index (κ1) is 22.2. The summed E-state index contributed by atoms with van der Waals surface area (Å²) in [7, 11) is -4.02. The van der Waals surface area contributed by atoms with Crippen molar-refractivity contribution in [3.05, 3.63) is 71.1 Å². The quantitative estimate of drug-likeness (QED) is 0.556. The molecule has 0 saturated carbocycles. The van der Waals surface area contributed by atoms with Crippen LogP contribution in [0.3, 0.4) is 0 Å². The highest BCUT2D eigenvalue weighted by molar-refractivity contribution is 7.93. The fourth-order valence-corrected chi connectivity index (χ4v) is 5.01. The summed E-state index contributed by atoms with van der Waals surface area (Å²) < 4.78 is 39.9. The summed E-state index contributed by atoms with van der Waals surface area (Å²) in [5, 5.41) is 3.02. The van der Waals surface area contributed by atoms with Crippen molar-refractivity contribution >= 4 is 44.6 Å². The number of carbonyl (C=O) groups excluding carboxylic acids is 1. The first-order chi connectivity index (χ1) is 15.3. The molecule has 1 fully saturated rings. The van der Waals surface area contributed by atoms with Crippen molar-refractivity contribution in [1.29, 1.82) is 0 Å². The van der Waals surface area contributed by atoms with Gasteiger partial charge < -0.3 is 19.4 Å². The van der Waals surface area contributed by atoms with Crippen LogP contribution in [0, 0.1) is 6.92 Å². The Morgan fingerprint density at radius 1 is 1.09 bits per heavy atom. The third-order valence-electron chi connectivity index (χ3n) is 5.08. The number of rotatable bonds is 6. The first-order valence-corrected chi connectivity index (χ1v) is 11.8. The van der Waals surface area contributed by atoms with Crippen molar-refractivity contribution in [1.82, 2.24) is 0 Å². The van der Waals surface area contributed by atoms with E-state index in [0.717, 1.165) is 0 Å². The van der Waals surface area contributed by atoms with Crippen molar-refractivity contribution < 1.29 is 22.4 Å². The van der Waals surface area contributed by atoms with Gasteiger partial charge >= 0.3 is 0 Å². The van der Waals surface area contributed by atoms with E-state index in [-0.39, 0.29) is 15.6 Å². The maximum Gasteiger partial charge on any atom is 0.264 e. The van der Waals surface area contributed by atoms with Crippen molar-refractivity contribution in [2.75, 3.05) is 41.2 Å². The number of aryl methyl sites for hydroxylation is 1. The molecule has 32 heavy (non-hydrogen) atoms. The summed E-state index contributed by atoms with van der Waals surface area (Å²) in [4.78, 5) is 14.6. The number of halogens is 1. The van der Waals surface area contributed by atoms with Gasteiger partial charge in [-0.25, -0.2) is 8.42 Å². The Kier molecular flexibility index (Phi) is 6.40. The number of nitrogens with zero attached hydrogens (tertiary/aromatic N) is 1. The molecule has 3 aromatic rings. The van der Waals surface area contributed by atoms with E-state index in [0.29, 0.717) is 49.0 Å². The highest BCUT2D eigenvalue weighted by Gasteiger charge is 2.25. The van der Waals surface area contributed by atoms with Gasteiger partial charge in [0, 0.05) is 18.8 Å². The number of morpholine rings is 1. The van der Waals surface area contributed by atoms with E-state index in [1.807, 2.05) is 4.90 Å². The van der Waals surface area contributed by atoms with E-state index < -0.39 is 15.9 Å². The second-order valence-corrected chi connectivity index (χ2v) is 9.27. The third-order valence-corrected chi connectivity index (χ3v) is 6.80. The average Bonchev–Trinajstić information content (AvgIpc) is 3.22. The molecule has 0 atom stereocenters. The maximum absolute atomic E-state index is 13.4. The number of carbonyl (C=O) groups is 1. The molecule has 168 valence electrons. The van der Waals surface area contributed by atoms with Crippen LogP contribution < -0.4 is 14.9 Å². The number of furan rings is 1. The van der Waals surface area contributed by atoms with Gasteiger partial charge in [-0.2, -0.15) is 0 Å². The van der Waals surface area contributed by atoms with E-state index in [2.05, 4.69) is 10.0 Å². The molecule has 1 aromatic heterocycles. The first-order valence-electron chi connectivity index (χ1n) is 9.95. The third kappa shape index (κ3) is 4.74. The van der Waals surface area contributed by atoms with E-state index in [1.54, 1.807) is 49.4 Å². The minimum absolute atomic E-state index is 0.0287. The molecule has 1 aliphatic rings. The number of para-hydroxylation sites is 1. The zero-order valence-electron chi connectivity index (χ0n) is 17.3. The molecular formula is C22H22ClN3O5S. The Morgan fingerprint density at radius 3 is 2.53 bits per heavy atom. The van der Waals surface area contributed by atoms with Gasteiger partial charge in [-0.3, -0.25) is 9.52 Å². The van der Waals surface area contributed by atoms with Gasteiger partial charge in [0.1, 0.15) is 10.7 Å². The number of anilines is 3. The maximum atomic E-state index is 13.4. The lowest BCUT2D eigenvalue weighted by Gasteiger charge is -2.30. The molecule has 1 saturated heterocycles. The molecular weight excluding hydrogens is 454 g/mol. The highest BCUT2D eigenvalue weighted by Crippen LogP contribution is 2.32. The van der Waals surface area contributed by atoms with Gasteiger partial charge in [0.15, 0.2) is 0 Å². The summed E-state index contributed by atoms with van der Waals surface area (Å²) >= 11 is 6.16. The van der Waals surface area contributed by atoms with Crippen LogP contribution in [0.15, 0.2) is 64.1 Å². The molecule has 2 heterocycles. The summed E-state index contributed by atoms with van der Waals surface area (Å²) in [6.45, 7) is 3.77. The predicted octanol–water partition coefficient (Wildman–Crippen LogP) is 4.13. The summed E-state index contributed by atoms with van der Waals surface area (Å²) in [5.41, 5.74) is 1.50. The molecule has 1 amide bonds. The lowest BCUT2D eigenvalue weighted by atomic mass is 10.2. The normalized spacial score (nSPS) is 14.2. The SMILES string of the molecule is Cc1occc1C(=O)Nc1ccc(N2CCOCC2)c(S(=O)(=O)Nc2ccccc2Cl)c1. The van der Waals surface area contributed by atoms with Crippen molar-refractivity contribution in [2.45, 2.75) is 11.8 Å². The molecule has 10 heteroatoms. The van der Waals surface area contributed by atoms with Crippen LogP contribution in [0.2, 0.25) is 5.02 Å². The summed E-state index contributed by atoms with van der Waals surface area (Å²) in [6.07, 6.45) is 1.43. The van der Waals surface area contributed by atoms with Crippen LogP contribution in [0.4, 0.5) is 17.1 Å². The smallest absolute Gasteiger partial charge is 0.264 e. The Bertz CT molecular complexity index is 1240. The molecule has 2 N–H and O–H groups in total. The Hall–Kier alpha value is -3.01. The fourth-order valence-electron chi connectivity index (χ4n) is 3.44. The standard InChI is InChI=1S/C22H22ClN3O5S/c1-15-17(8-11-31-15)22(27)24-16-6-7-20(26-9-12-30-13-10-26)21(14-16)32(28,29)25-19-5-3-2-4-18(19)23/h2-8,11,14,25H,9-10,12-13H2,1H3,(H,24,27). The Balaban J connectivity index is 1.71. The van der Waals surface area contributed by atoms with Gasteiger partial charge in [0.2, 0.25) is 0 Å². The molecule has 0 bridgehead atoms. The zero-order chi connectivity index (χ0) is 22.7. The van der Waals surface area contributed by atoms with Crippen LogP contribution in [0.5, 0.6) is 0 Å². The van der Waals surface area contributed by atoms with Crippen LogP contribution in [0.1, 0.15) is 16.1 Å². The van der Waals surface area contributed by atoms with Crippen LogP contribution >= 0.6 is 11.6 Å². The average molecular weight is 476 g/mol. The van der Waals surface area contributed by atoms with Gasteiger partial charge in [-0.15, -0.1) is 0 Å². The highest BCUT2D eigenvalue weighted by atomic mass is 35.5. The number of sulfonamides is 1. The second-order valence-electron chi connectivity index (χ2n) is 7.21. The van der Waals surface area contributed by atoms with Crippen molar-refractivity contribution in [3.63, 3.8) is 0 Å². The zero-order valence-corrected chi connectivity index (χ0v) is 18.9. The van der Waals surface area contributed by atoms with E-state index >= 15 is 0 Å². The van der Waals surface area contributed by atoms with Crippen LogP contribution in [-0.2, 0) is 14.8 Å². The molecule has 0 spiro atoms. The molecule has 0 unspecified atom stereocenters. The molecule has 8 nitrogen and oxygen atoms in total. The van der Waals surface area contributed by atoms with Crippen molar-refractivity contribution in [2.24, 2.45) is 0 Å². The van der Waals surface area contributed by atoms with E-state index in [4.69, 9.17) is 20.8 Å². The summed E-state index contributed by atoms with van der Waals surface area (Å²) in [6, 6.07) is 13.0. The lowest BCUT2D eigenvalue weighted by Crippen LogP contribution is -2.37. The number of hydrogen-bond acceptors (Lipinski definition) is 6. The fraction of sp³-hybridized carbons (Fsp3) is 0.227.